The molecular formula is C17H17N. The van der Waals surface area contributed by atoms with Gasteiger partial charge in [-0.05, 0) is 24.1 Å². The van der Waals surface area contributed by atoms with Gasteiger partial charge in [0.1, 0.15) is 0 Å². The van der Waals surface area contributed by atoms with E-state index in [1.54, 1.807) is 0 Å². The van der Waals surface area contributed by atoms with E-state index in [0.29, 0.717) is 6.04 Å². The molecule has 18 heavy (non-hydrogen) atoms. The van der Waals surface area contributed by atoms with Crippen LogP contribution in [-0.2, 0) is 0 Å². The monoisotopic (exact) mass is 235 g/mol. The first-order valence-electron chi connectivity index (χ1n) is 6.48. The molecule has 90 valence electrons. The molecule has 0 bridgehead atoms. The summed E-state index contributed by atoms with van der Waals surface area (Å²) >= 11 is 0. The normalized spacial score (nSPS) is 18.9. The van der Waals surface area contributed by atoms with Crippen molar-refractivity contribution in [3.8, 4) is 0 Å². The van der Waals surface area contributed by atoms with Crippen molar-refractivity contribution in [2.24, 2.45) is 0 Å². The van der Waals surface area contributed by atoms with Crippen molar-refractivity contribution >= 4 is 5.69 Å². The molecule has 0 saturated heterocycles. The van der Waals surface area contributed by atoms with E-state index in [0.717, 1.165) is 13.0 Å². The molecule has 0 fully saturated rings. The van der Waals surface area contributed by atoms with Gasteiger partial charge in [0.15, 0.2) is 0 Å². The number of benzene rings is 2. The van der Waals surface area contributed by atoms with E-state index in [-0.39, 0.29) is 0 Å². The molecule has 0 N–H and O–H groups in total. The van der Waals surface area contributed by atoms with Crippen LogP contribution in [0.25, 0.3) is 0 Å². The Kier molecular flexibility index (Phi) is 3.14. The Labute approximate surface area is 108 Å². The quantitative estimate of drug-likeness (QED) is 0.705. The highest BCUT2D eigenvalue weighted by Gasteiger charge is 2.19. The number of hydrogen-bond donors (Lipinski definition) is 0. The highest BCUT2D eigenvalue weighted by molar-refractivity contribution is 5.51. The predicted octanol–water partition coefficient (Wildman–Crippen LogP) is 4.19. The van der Waals surface area contributed by atoms with Crippen molar-refractivity contribution in [1.29, 1.82) is 0 Å². The minimum atomic E-state index is 0.363. The summed E-state index contributed by atoms with van der Waals surface area (Å²) in [7, 11) is 0. The number of hydrogen-bond acceptors (Lipinski definition) is 1. The zero-order valence-corrected chi connectivity index (χ0v) is 10.4. The molecule has 0 saturated carbocycles. The van der Waals surface area contributed by atoms with Crippen LogP contribution >= 0.6 is 0 Å². The first-order chi connectivity index (χ1) is 8.95. The van der Waals surface area contributed by atoms with Crippen molar-refractivity contribution < 1.29 is 0 Å². The van der Waals surface area contributed by atoms with Crippen LogP contribution in [0.15, 0.2) is 72.8 Å². The highest BCUT2D eigenvalue weighted by Crippen LogP contribution is 2.30. The van der Waals surface area contributed by atoms with Gasteiger partial charge in [0, 0.05) is 12.2 Å². The van der Waals surface area contributed by atoms with E-state index in [1.807, 2.05) is 0 Å². The third-order valence-corrected chi connectivity index (χ3v) is 3.42. The second kappa shape index (κ2) is 5.09. The van der Waals surface area contributed by atoms with Crippen molar-refractivity contribution in [3.05, 3.63) is 78.4 Å². The third-order valence-electron chi connectivity index (χ3n) is 3.42. The number of nitrogens with zero attached hydrogens (tertiary/aromatic N) is 1. The maximum Gasteiger partial charge on any atom is 0.0726 e. The van der Waals surface area contributed by atoms with Gasteiger partial charge in [0.2, 0.25) is 0 Å². The molecule has 2 aromatic rings. The Morgan fingerprint density at radius 1 is 0.833 bits per heavy atom. The molecule has 1 heteroatoms. The Bertz CT molecular complexity index is 516. The summed E-state index contributed by atoms with van der Waals surface area (Å²) in [5.74, 6) is 0. The Balaban J connectivity index is 1.96. The second-order valence-electron chi connectivity index (χ2n) is 4.60. The third kappa shape index (κ3) is 2.17. The van der Waals surface area contributed by atoms with Crippen LogP contribution in [0.1, 0.15) is 18.0 Å². The molecule has 1 aliphatic rings. The zero-order chi connectivity index (χ0) is 12.2. The smallest absolute Gasteiger partial charge is 0.0726 e. The Morgan fingerprint density at radius 2 is 1.50 bits per heavy atom. The van der Waals surface area contributed by atoms with Crippen molar-refractivity contribution in [1.82, 2.24) is 0 Å². The predicted molar refractivity (Wildman–Crippen MR) is 76.7 cm³/mol. The van der Waals surface area contributed by atoms with Crippen LogP contribution in [-0.4, -0.2) is 6.54 Å². The molecule has 0 spiro atoms. The van der Waals surface area contributed by atoms with Gasteiger partial charge in [-0.2, -0.15) is 0 Å². The van der Waals surface area contributed by atoms with Crippen LogP contribution < -0.4 is 4.90 Å². The van der Waals surface area contributed by atoms with Crippen LogP contribution in [0.5, 0.6) is 0 Å². The number of anilines is 1. The lowest BCUT2D eigenvalue weighted by Gasteiger charge is -2.34. The van der Waals surface area contributed by atoms with Crippen LogP contribution in [0.2, 0.25) is 0 Å². The summed E-state index contributed by atoms with van der Waals surface area (Å²) in [4.78, 5) is 2.47. The molecule has 1 unspecified atom stereocenters. The van der Waals surface area contributed by atoms with Crippen LogP contribution in [0, 0.1) is 0 Å². The summed E-state index contributed by atoms with van der Waals surface area (Å²) < 4.78 is 0. The van der Waals surface area contributed by atoms with Crippen molar-refractivity contribution in [2.75, 3.05) is 11.4 Å². The van der Waals surface area contributed by atoms with Gasteiger partial charge in [0.05, 0.1) is 6.04 Å². The average molecular weight is 235 g/mol. The lowest BCUT2D eigenvalue weighted by molar-refractivity contribution is 0.693. The van der Waals surface area contributed by atoms with E-state index >= 15 is 0 Å². The molecule has 1 heterocycles. The summed E-state index contributed by atoms with van der Waals surface area (Å²) in [6, 6.07) is 21.7. The lowest BCUT2D eigenvalue weighted by Crippen LogP contribution is -2.30. The Hall–Kier alpha value is -2.02. The van der Waals surface area contributed by atoms with Gasteiger partial charge < -0.3 is 4.90 Å². The van der Waals surface area contributed by atoms with E-state index in [4.69, 9.17) is 0 Å². The zero-order valence-electron chi connectivity index (χ0n) is 10.4. The summed E-state index contributed by atoms with van der Waals surface area (Å²) in [5, 5.41) is 0. The van der Waals surface area contributed by atoms with Crippen molar-refractivity contribution in [2.45, 2.75) is 12.5 Å². The van der Waals surface area contributed by atoms with E-state index in [2.05, 4.69) is 77.7 Å². The van der Waals surface area contributed by atoms with Crippen molar-refractivity contribution in [3.63, 3.8) is 0 Å². The van der Waals surface area contributed by atoms with Crippen LogP contribution in [0.3, 0.4) is 0 Å². The largest absolute Gasteiger partial charge is 0.361 e. The van der Waals surface area contributed by atoms with E-state index < -0.39 is 0 Å². The first-order valence-corrected chi connectivity index (χ1v) is 6.48. The fraction of sp³-hybridized carbons (Fsp3) is 0.176. The van der Waals surface area contributed by atoms with Gasteiger partial charge in [-0.25, -0.2) is 0 Å². The standard InChI is InChI=1S/C17H17N/c1-3-9-15(10-4-1)17-13-7-8-14-18(17)16-11-5-2-6-12-16/h1-7,9-13,17H,8,14H2. The molecule has 1 nitrogen and oxygen atoms in total. The number of para-hydroxylation sites is 1. The van der Waals surface area contributed by atoms with Gasteiger partial charge in [0.25, 0.3) is 0 Å². The SMILES string of the molecule is C1=CC(c2ccccc2)N(c2ccccc2)CC1. The minimum absolute atomic E-state index is 0.363. The van der Waals surface area contributed by atoms with Gasteiger partial charge in [-0.3, -0.25) is 0 Å². The lowest BCUT2D eigenvalue weighted by atomic mass is 10.0. The van der Waals surface area contributed by atoms with E-state index in [1.165, 1.54) is 11.3 Å². The molecule has 0 aromatic heterocycles. The molecule has 2 aromatic carbocycles. The topological polar surface area (TPSA) is 3.24 Å². The van der Waals surface area contributed by atoms with Gasteiger partial charge in [-0.15, -0.1) is 0 Å². The maximum atomic E-state index is 2.47. The average Bonchev–Trinajstić information content (AvgIpc) is 2.49. The van der Waals surface area contributed by atoms with Crippen LogP contribution in [0.4, 0.5) is 5.69 Å². The van der Waals surface area contributed by atoms with E-state index in [9.17, 15) is 0 Å². The highest BCUT2D eigenvalue weighted by atomic mass is 15.2. The molecule has 0 aliphatic carbocycles. The molecule has 3 rings (SSSR count). The fourth-order valence-electron chi connectivity index (χ4n) is 2.53. The maximum absolute atomic E-state index is 2.47. The first kappa shape index (κ1) is 11.1. The Morgan fingerprint density at radius 3 is 2.22 bits per heavy atom. The summed E-state index contributed by atoms with van der Waals surface area (Å²) in [6.07, 6.45) is 5.72. The van der Waals surface area contributed by atoms with Gasteiger partial charge in [-0.1, -0.05) is 60.7 Å². The molecule has 1 aliphatic heterocycles. The molecule has 0 amide bonds. The molecule has 0 radical (unpaired) electrons. The summed E-state index contributed by atoms with van der Waals surface area (Å²) in [5.41, 5.74) is 2.66. The van der Waals surface area contributed by atoms with Gasteiger partial charge >= 0.3 is 0 Å². The fourth-order valence-corrected chi connectivity index (χ4v) is 2.53. The minimum Gasteiger partial charge on any atom is -0.361 e. The number of rotatable bonds is 2. The molecule has 1 atom stereocenters. The second-order valence-corrected chi connectivity index (χ2v) is 4.60. The summed E-state index contributed by atoms with van der Waals surface area (Å²) in [6.45, 7) is 1.08. The molecular weight excluding hydrogens is 218 g/mol.